The molecule has 1 heterocycles. The van der Waals surface area contributed by atoms with E-state index in [0.29, 0.717) is 38.5 Å². The molecule has 0 aliphatic heterocycles. The molecule has 7 heteroatoms. The number of nitrogens with zero attached hydrogens (tertiary/aromatic N) is 1. The molecule has 0 radical (unpaired) electrons. The van der Waals surface area contributed by atoms with Gasteiger partial charge in [-0.3, -0.25) is 4.79 Å². The van der Waals surface area contributed by atoms with E-state index < -0.39 is 0 Å². The van der Waals surface area contributed by atoms with Crippen molar-refractivity contribution in [1.29, 1.82) is 0 Å². The summed E-state index contributed by atoms with van der Waals surface area (Å²) in [6.45, 7) is 1.74. The van der Waals surface area contributed by atoms with Gasteiger partial charge in [-0.25, -0.2) is 4.98 Å². The van der Waals surface area contributed by atoms with Gasteiger partial charge in [-0.05, 0) is 55.0 Å². The molecule has 3 aromatic carbocycles. The van der Waals surface area contributed by atoms with Gasteiger partial charge in [0.1, 0.15) is 11.3 Å². The summed E-state index contributed by atoms with van der Waals surface area (Å²) in [6.07, 6.45) is 0. The number of carbonyl (C=O) groups excluding carboxylic acids is 1. The summed E-state index contributed by atoms with van der Waals surface area (Å²) in [6, 6.07) is 17.9. The molecule has 0 aliphatic carbocycles. The van der Waals surface area contributed by atoms with E-state index in [9.17, 15) is 4.79 Å². The highest BCUT2D eigenvalue weighted by atomic mass is 35.5. The summed E-state index contributed by atoms with van der Waals surface area (Å²) in [5.41, 5.74) is 3.61. The second-order valence-electron chi connectivity index (χ2n) is 6.43. The molecule has 0 atom stereocenters. The van der Waals surface area contributed by atoms with Crippen LogP contribution in [0.3, 0.4) is 0 Å². The van der Waals surface area contributed by atoms with Crippen LogP contribution < -0.4 is 10.1 Å². The zero-order valence-corrected chi connectivity index (χ0v) is 16.9. The van der Waals surface area contributed by atoms with Crippen LogP contribution >= 0.6 is 23.2 Å². The predicted octanol–water partition coefficient (Wildman–Crippen LogP) is 6.13. The zero-order valence-electron chi connectivity index (χ0n) is 15.4. The molecular formula is C22H16Cl2N2O3. The molecule has 0 saturated carbocycles. The minimum Gasteiger partial charge on any atom is -0.482 e. The van der Waals surface area contributed by atoms with Crippen molar-refractivity contribution in [2.75, 3.05) is 11.9 Å². The number of fused-ring (bicyclic) bond motifs is 1. The van der Waals surface area contributed by atoms with E-state index in [1.165, 1.54) is 0 Å². The minimum atomic E-state index is -0.297. The van der Waals surface area contributed by atoms with E-state index in [2.05, 4.69) is 10.3 Å². The number of hydrogen-bond acceptors (Lipinski definition) is 4. The van der Waals surface area contributed by atoms with Gasteiger partial charge in [0.05, 0.1) is 5.02 Å². The number of aryl methyl sites for hydroxylation is 1. The monoisotopic (exact) mass is 426 g/mol. The van der Waals surface area contributed by atoms with Gasteiger partial charge in [-0.2, -0.15) is 0 Å². The molecule has 5 nitrogen and oxygen atoms in total. The van der Waals surface area contributed by atoms with Crippen molar-refractivity contribution in [3.8, 4) is 17.2 Å². The Morgan fingerprint density at radius 1 is 1.10 bits per heavy atom. The molecule has 0 bridgehead atoms. The van der Waals surface area contributed by atoms with Gasteiger partial charge >= 0.3 is 0 Å². The Labute approximate surface area is 177 Å². The number of rotatable bonds is 5. The molecule has 1 aromatic heterocycles. The van der Waals surface area contributed by atoms with Crippen LogP contribution in [-0.2, 0) is 4.79 Å². The van der Waals surface area contributed by atoms with Gasteiger partial charge in [-0.15, -0.1) is 0 Å². The van der Waals surface area contributed by atoms with Crippen molar-refractivity contribution in [2.24, 2.45) is 0 Å². The maximum atomic E-state index is 12.3. The minimum absolute atomic E-state index is 0.158. The first-order valence-corrected chi connectivity index (χ1v) is 9.59. The van der Waals surface area contributed by atoms with Crippen molar-refractivity contribution in [3.05, 3.63) is 76.3 Å². The summed E-state index contributed by atoms with van der Waals surface area (Å²) in [5.74, 6) is 0.611. The Morgan fingerprint density at radius 2 is 1.93 bits per heavy atom. The fourth-order valence-corrected chi connectivity index (χ4v) is 3.16. The number of hydrogen-bond donors (Lipinski definition) is 1. The van der Waals surface area contributed by atoms with E-state index >= 15 is 0 Å². The van der Waals surface area contributed by atoms with Crippen LogP contribution in [0.4, 0.5) is 5.69 Å². The van der Waals surface area contributed by atoms with E-state index in [4.69, 9.17) is 32.4 Å². The normalized spacial score (nSPS) is 10.9. The summed E-state index contributed by atoms with van der Waals surface area (Å²) in [5, 5.41) is 3.90. The number of halogens is 2. The maximum Gasteiger partial charge on any atom is 0.262 e. The smallest absolute Gasteiger partial charge is 0.262 e. The van der Waals surface area contributed by atoms with Crippen LogP contribution in [0.1, 0.15) is 5.56 Å². The number of benzene rings is 3. The predicted molar refractivity (Wildman–Crippen MR) is 115 cm³/mol. The van der Waals surface area contributed by atoms with Gasteiger partial charge in [0, 0.05) is 16.3 Å². The second-order valence-corrected chi connectivity index (χ2v) is 7.27. The molecule has 4 rings (SSSR count). The molecule has 0 fully saturated rings. The standard InChI is InChI=1S/C22H16Cl2N2O3/c1-13-6-7-14(22-26-18-11-15(23)8-9-20(18)29-22)10-17(13)25-21(27)12-28-19-5-3-2-4-16(19)24/h2-11H,12H2,1H3,(H,25,27). The lowest BCUT2D eigenvalue weighted by atomic mass is 10.1. The van der Waals surface area contributed by atoms with Crippen molar-refractivity contribution < 1.29 is 13.9 Å². The Balaban J connectivity index is 1.51. The van der Waals surface area contributed by atoms with Crippen LogP contribution in [0.2, 0.25) is 10.0 Å². The third-order valence-corrected chi connectivity index (χ3v) is 4.85. The molecule has 0 spiro atoms. The SMILES string of the molecule is Cc1ccc(-c2nc3cc(Cl)ccc3o2)cc1NC(=O)COc1ccccc1Cl. The van der Waals surface area contributed by atoms with E-state index in [0.717, 1.165) is 11.1 Å². The van der Waals surface area contributed by atoms with E-state index in [1.54, 1.807) is 42.5 Å². The van der Waals surface area contributed by atoms with Gasteiger partial charge in [0.25, 0.3) is 5.91 Å². The largest absolute Gasteiger partial charge is 0.482 e. The van der Waals surface area contributed by atoms with Gasteiger partial charge in [0.15, 0.2) is 12.2 Å². The third kappa shape index (κ3) is 4.36. The molecule has 146 valence electrons. The number of carbonyl (C=O) groups is 1. The van der Waals surface area contributed by atoms with Crippen LogP contribution in [-0.4, -0.2) is 17.5 Å². The fraction of sp³-hybridized carbons (Fsp3) is 0.0909. The average molecular weight is 427 g/mol. The molecular weight excluding hydrogens is 411 g/mol. The number of nitrogens with one attached hydrogen (secondary N) is 1. The molecule has 1 N–H and O–H groups in total. The second kappa shape index (κ2) is 8.15. The number of oxazole rings is 1. The number of para-hydroxylation sites is 1. The van der Waals surface area contributed by atoms with Crippen LogP contribution in [0.5, 0.6) is 5.75 Å². The first kappa shape index (κ1) is 19.3. The highest BCUT2D eigenvalue weighted by Gasteiger charge is 2.12. The highest BCUT2D eigenvalue weighted by molar-refractivity contribution is 6.32. The van der Waals surface area contributed by atoms with Crippen molar-refractivity contribution in [1.82, 2.24) is 4.98 Å². The number of anilines is 1. The van der Waals surface area contributed by atoms with Crippen LogP contribution in [0, 0.1) is 6.92 Å². The van der Waals surface area contributed by atoms with Crippen molar-refractivity contribution >= 4 is 45.9 Å². The zero-order chi connectivity index (χ0) is 20.4. The summed E-state index contributed by atoms with van der Waals surface area (Å²) >= 11 is 12.1. The number of aromatic nitrogens is 1. The first-order valence-electron chi connectivity index (χ1n) is 8.84. The Kier molecular flexibility index (Phi) is 5.43. The topological polar surface area (TPSA) is 64.4 Å². The lowest BCUT2D eigenvalue weighted by Gasteiger charge is -2.11. The molecule has 0 saturated heterocycles. The lowest BCUT2D eigenvalue weighted by Crippen LogP contribution is -2.20. The highest BCUT2D eigenvalue weighted by Crippen LogP contribution is 2.29. The molecule has 1 amide bonds. The molecule has 0 unspecified atom stereocenters. The number of amides is 1. The summed E-state index contributed by atoms with van der Waals surface area (Å²) < 4.78 is 11.3. The Morgan fingerprint density at radius 3 is 2.76 bits per heavy atom. The van der Waals surface area contributed by atoms with Gasteiger partial charge in [-0.1, -0.05) is 41.4 Å². The number of ether oxygens (including phenoxy) is 1. The van der Waals surface area contributed by atoms with E-state index in [1.807, 2.05) is 25.1 Å². The molecule has 29 heavy (non-hydrogen) atoms. The summed E-state index contributed by atoms with van der Waals surface area (Å²) in [7, 11) is 0. The van der Waals surface area contributed by atoms with Gasteiger partial charge in [0.2, 0.25) is 5.89 Å². The van der Waals surface area contributed by atoms with E-state index in [-0.39, 0.29) is 12.5 Å². The fourth-order valence-electron chi connectivity index (χ4n) is 2.81. The van der Waals surface area contributed by atoms with Crippen LogP contribution in [0.15, 0.2) is 65.1 Å². The Bertz CT molecular complexity index is 1200. The maximum absolute atomic E-state index is 12.3. The quantitative estimate of drug-likeness (QED) is 0.416. The average Bonchev–Trinajstić information content (AvgIpc) is 3.12. The van der Waals surface area contributed by atoms with Crippen molar-refractivity contribution in [3.63, 3.8) is 0 Å². The van der Waals surface area contributed by atoms with Crippen molar-refractivity contribution in [2.45, 2.75) is 6.92 Å². The Hall–Kier alpha value is -3.02. The molecule has 4 aromatic rings. The third-order valence-electron chi connectivity index (χ3n) is 4.30. The molecule has 0 aliphatic rings. The summed E-state index contributed by atoms with van der Waals surface area (Å²) in [4.78, 5) is 16.8. The lowest BCUT2D eigenvalue weighted by molar-refractivity contribution is -0.118. The van der Waals surface area contributed by atoms with Gasteiger partial charge < -0.3 is 14.5 Å². The van der Waals surface area contributed by atoms with Crippen LogP contribution in [0.25, 0.3) is 22.6 Å². The first-order chi connectivity index (χ1) is 14.0.